The first-order chi connectivity index (χ1) is 12.9. The summed E-state index contributed by atoms with van der Waals surface area (Å²) in [6, 6.07) is 0.930. The molecule has 1 fully saturated rings. The summed E-state index contributed by atoms with van der Waals surface area (Å²) in [6.07, 6.45) is 1.53. The minimum atomic E-state index is -0.626. The van der Waals surface area contributed by atoms with Crippen LogP contribution in [0.3, 0.4) is 0 Å². The van der Waals surface area contributed by atoms with E-state index < -0.39 is 12.1 Å². The fourth-order valence-corrected chi connectivity index (χ4v) is 3.56. The Morgan fingerprint density at radius 1 is 1.37 bits per heavy atom. The number of aryl methyl sites for hydroxylation is 1. The number of rotatable bonds is 7. The molecule has 4 amide bonds. The number of amides is 4. The Morgan fingerprint density at radius 2 is 2.19 bits per heavy atom. The Kier molecular flexibility index (Phi) is 6.10. The molecule has 3 heterocycles. The SMILES string of the molecule is CC(C)CN1CCCn2nc(CNC(=O)CC[C@@H]3NC(=O)NC3=O)cc2C1. The summed E-state index contributed by atoms with van der Waals surface area (Å²) in [5.74, 6) is 0.0927. The monoisotopic (exact) mass is 376 g/mol. The maximum atomic E-state index is 12.0. The maximum absolute atomic E-state index is 12.0. The minimum Gasteiger partial charge on any atom is -0.350 e. The van der Waals surface area contributed by atoms with E-state index in [0.717, 1.165) is 38.3 Å². The van der Waals surface area contributed by atoms with Crippen molar-refractivity contribution in [3.63, 3.8) is 0 Å². The molecular formula is C18H28N6O3. The largest absolute Gasteiger partial charge is 0.350 e. The van der Waals surface area contributed by atoms with Gasteiger partial charge < -0.3 is 10.6 Å². The highest BCUT2D eigenvalue weighted by Crippen LogP contribution is 2.15. The van der Waals surface area contributed by atoms with Gasteiger partial charge in [-0.15, -0.1) is 0 Å². The average molecular weight is 376 g/mol. The summed E-state index contributed by atoms with van der Waals surface area (Å²) in [7, 11) is 0. The third-order valence-electron chi connectivity index (χ3n) is 4.75. The van der Waals surface area contributed by atoms with Crippen LogP contribution in [-0.4, -0.2) is 51.7 Å². The molecule has 3 rings (SSSR count). The summed E-state index contributed by atoms with van der Waals surface area (Å²) in [4.78, 5) is 37.0. The molecule has 1 saturated heterocycles. The summed E-state index contributed by atoms with van der Waals surface area (Å²) in [6.45, 7) is 8.76. The molecule has 0 aromatic carbocycles. The fraction of sp³-hybridized carbons (Fsp3) is 0.667. The molecule has 9 nitrogen and oxygen atoms in total. The smallest absolute Gasteiger partial charge is 0.322 e. The average Bonchev–Trinajstić information content (AvgIpc) is 3.06. The Bertz CT molecular complexity index is 714. The van der Waals surface area contributed by atoms with Crippen LogP contribution < -0.4 is 16.0 Å². The molecule has 1 aromatic heterocycles. The maximum Gasteiger partial charge on any atom is 0.322 e. The lowest BCUT2D eigenvalue weighted by Gasteiger charge is -2.21. The van der Waals surface area contributed by atoms with Gasteiger partial charge in [-0.1, -0.05) is 13.8 Å². The number of nitrogens with one attached hydrogen (secondary N) is 3. The van der Waals surface area contributed by atoms with Gasteiger partial charge in [0.25, 0.3) is 5.91 Å². The number of hydrogen-bond acceptors (Lipinski definition) is 5. The second-order valence-corrected chi connectivity index (χ2v) is 7.66. The molecule has 1 atom stereocenters. The predicted molar refractivity (Wildman–Crippen MR) is 98.5 cm³/mol. The van der Waals surface area contributed by atoms with Crippen molar-refractivity contribution in [2.45, 2.75) is 58.8 Å². The topological polar surface area (TPSA) is 108 Å². The van der Waals surface area contributed by atoms with Crippen LogP contribution in [0.5, 0.6) is 0 Å². The van der Waals surface area contributed by atoms with Crippen molar-refractivity contribution in [3.05, 3.63) is 17.5 Å². The van der Waals surface area contributed by atoms with Gasteiger partial charge in [0.2, 0.25) is 5.91 Å². The highest BCUT2D eigenvalue weighted by Gasteiger charge is 2.29. The van der Waals surface area contributed by atoms with Crippen LogP contribution in [0.4, 0.5) is 4.79 Å². The van der Waals surface area contributed by atoms with Crippen molar-refractivity contribution in [1.29, 1.82) is 0 Å². The van der Waals surface area contributed by atoms with Gasteiger partial charge in [-0.05, 0) is 24.8 Å². The lowest BCUT2D eigenvalue weighted by atomic mass is 10.1. The normalized spacial score (nSPS) is 20.2. The fourth-order valence-electron chi connectivity index (χ4n) is 3.56. The minimum absolute atomic E-state index is 0.159. The van der Waals surface area contributed by atoms with Gasteiger partial charge in [-0.2, -0.15) is 5.10 Å². The number of hydrogen-bond donors (Lipinski definition) is 3. The zero-order valence-corrected chi connectivity index (χ0v) is 16.0. The van der Waals surface area contributed by atoms with E-state index in [1.54, 1.807) is 0 Å². The molecule has 2 aliphatic heterocycles. The first-order valence-electron chi connectivity index (χ1n) is 9.56. The third-order valence-corrected chi connectivity index (χ3v) is 4.75. The molecule has 3 N–H and O–H groups in total. The van der Waals surface area contributed by atoms with E-state index in [1.165, 1.54) is 5.69 Å². The van der Waals surface area contributed by atoms with E-state index >= 15 is 0 Å². The predicted octanol–water partition coefficient (Wildman–Crippen LogP) is 0.349. The molecule has 0 aliphatic carbocycles. The lowest BCUT2D eigenvalue weighted by Crippen LogP contribution is -2.31. The van der Waals surface area contributed by atoms with Gasteiger partial charge in [0.1, 0.15) is 6.04 Å². The number of carbonyl (C=O) groups excluding carboxylic acids is 3. The van der Waals surface area contributed by atoms with Crippen molar-refractivity contribution >= 4 is 17.8 Å². The van der Waals surface area contributed by atoms with E-state index in [9.17, 15) is 14.4 Å². The molecule has 2 aliphatic rings. The van der Waals surface area contributed by atoms with Gasteiger partial charge in [-0.3, -0.25) is 24.5 Å². The van der Waals surface area contributed by atoms with Crippen LogP contribution in [0.1, 0.15) is 44.5 Å². The second-order valence-electron chi connectivity index (χ2n) is 7.66. The van der Waals surface area contributed by atoms with E-state index in [4.69, 9.17) is 0 Å². The molecule has 0 saturated carbocycles. The summed E-state index contributed by atoms with van der Waals surface area (Å²) < 4.78 is 2.04. The van der Waals surface area contributed by atoms with Crippen molar-refractivity contribution in [2.24, 2.45) is 5.92 Å². The summed E-state index contributed by atoms with van der Waals surface area (Å²) in [5, 5.41) is 12.1. The Balaban J connectivity index is 1.47. The van der Waals surface area contributed by atoms with Crippen molar-refractivity contribution in [2.75, 3.05) is 13.1 Å². The Morgan fingerprint density at radius 3 is 2.89 bits per heavy atom. The lowest BCUT2D eigenvalue weighted by molar-refractivity contribution is -0.122. The highest BCUT2D eigenvalue weighted by atomic mass is 16.2. The van der Waals surface area contributed by atoms with Crippen LogP contribution >= 0.6 is 0 Å². The Hall–Kier alpha value is -2.42. The molecular weight excluding hydrogens is 348 g/mol. The van der Waals surface area contributed by atoms with Crippen molar-refractivity contribution < 1.29 is 14.4 Å². The molecule has 0 bridgehead atoms. The first kappa shape index (κ1) is 19.3. The van der Waals surface area contributed by atoms with Crippen molar-refractivity contribution in [3.8, 4) is 0 Å². The molecule has 27 heavy (non-hydrogen) atoms. The quantitative estimate of drug-likeness (QED) is 0.595. The number of carbonyl (C=O) groups is 3. The van der Waals surface area contributed by atoms with Gasteiger partial charge in [0, 0.05) is 32.6 Å². The van der Waals surface area contributed by atoms with Crippen molar-refractivity contribution in [1.82, 2.24) is 30.6 Å². The van der Waals surface area contributed by atoms with Crippen LogP contribution in [0.15, 0.2) is 6.07 Å². The number of nitrogens with zero attached hydrogens (tertiary/aromatic N) is 3. The standard InChI is InChI=1S/C18H28N6O3/c1-12(2)10-23-6-3-7-24-14(11-23)8-13(22-24)9-19-16(25)5-4-15-17(26)21-18(27)20-15/h8,12,15H,3-7,9-11H2,1-2H3,(H,19,25)(H2,20,21,26,27)/t15-/m0/s1. The van der Waals surface area contributed by atoms with E-state index in [-0.39, 0.29) is 24.7 Å². The van der Waals surface area contributed by atoms with Crippen LogP contribution in [-0.2, 0) is 29.2 Å². The number of urea groups is 1. The highest BCUT2D eigenvalue weighted by molar-refractivity contribution is 6.04. The Labute approximate surface area is 158 Å². The van der Waals surface area contributed by atoms with Crippen LogP contribution in [0, 0.1) is 5.92 Å². The summed E-state index contributed by atoms with van der Waals surface area (Å²) in [5.41, 5.74) is 2.03. The molecule has 0 unspecified atom stereocenters. The van der Waals surface area contributed by atoms with Gasteiger partial charge in [0.15, 0.2) is 0 Å². The molecule has 148 valence electrons. The number of aromatic nitrogens is 2. The number of fused-ring (bicyclic) bond motifs is 1. The first-order valence-corrected chi connectivity index (χ1v) is 9.56. The molecule has 0 radical (unpaired) electrons. The molecule has 1 aromatic rings. The van der Waals surface area contributed by atoms with E-state index in [2.05, 4.69) is 45.9 Å². The van der Waals surface area contributed by atoms with Gasteiger partial charge >= 0.3 is 6.03 Å². The molecule has 0 spiro atoms. The van der Waals surface area contributed by atoms with Gasteiger partial charge in [-0.25, -0.2) is 4.79 Å². The third kappa shape index (κ3) is 5.29. The van der Waals surface area contributed by atoms with Gasteiger partial charge in [0.05, 0.1) is 17.9 Å². The van der Waals surface area contributed by atoms with Crippen LogP contribution in [0.25, 0.3) is 0 Å². The van der Waals surface area contributed by atoms with Crippen LogP contribution in [0.2, 0.25) is 0 Å². The summed E-state index contributed by atoms with van der Waals surface area (Å²) >= 11 is 0. The zero-order chi connectivity index (χ0) is 19.4. The zero-order valence-electron chi connectivity index (χ0n) is 16.0. The van der Waals surface area contributed by atoms with E-state index in [0.29, 0.717) is 12.5 Å². The second kappa shape index (κ2) is 8.51. The number of imide groups is 1. The van der Waals surface area contributed by atoms with E-state index in [1.807, 2.05) is 4.68 Å². The molecule has 9 heteroatoms.